The molecule has 1 aliphatic carbocycles. The SMILES string of the molecule is C/C(=C\c1ccc(C)cn1)[C@H]1C[C@@H]2C[C@H]2CCC[C@H](C)[C@H](O)[C@@H](C)C(=O)C(C)(C)[C@@H](O)CC(=O)O1. The summed E-state index contributed by atoms with van der Waals surface area (Å²) in [5, 5.41) is 21.7. The van der Waals surface area contributed by atoms with E-state index in [2.05, 4.69) is 4.98 Å². The first-order chi connectivity index (χ1) is 16.4. The van der Waals surface area contributed by atoms with Crippen LogP contribution >= 0.6 is 0 Å². The Labute approximate surface area is 210 Å². The van der Waals surface area contributed by atoms with Gasteiger partial charge in [-0.2, -0.15) is 0 Å². The number of esters is 1. The molecule has 1 aliphatic heterocycles. The quantitative estimate of drug-likeness (QED) is 0.579. The van der Waals surface area contributed by atoms with Gasteiger partial charge in [-0.05, 0) is 74.1 Å². The van der Waals surface area contributed by atoms with Crippen molar-refractivity contribution in [3.05, 3.63) is 35.2 Å². The molecule has 6 heteroatoms. The van der Waals surface area contributed by atoms with Gasteiger partial charge in [0.05, 0.1) is 29.7 Å². The molecule has 1 aromatic rings. The van der Waals surface area contributed by atoms with Crippen molar-refractivity contribution in [1.82, 2.24) is 4.98 Å². The van der Waals surface area contributed by atoms with E-state index in [1.165, 1.54) is 0 Å². The van der Waals surface area contributed by atoms with Crippen LogP contribution in [0.5, 0.6) is 0 Å². The van der Waals surface area contributed by atoms with Crippen molar-refractivity contribution in [3.8, 4) is 0 Å². The van der Waals surface area contributed by atoms with E-state index in [1.54, 1.807) is 20.8 Å². The minimum absolute atomic E-state index is 0.00287. The van der Waals surface area contributed by atoms with Gasteiger partial charge in [-0.1, -0.05) is 46.6 Å². The molecule has 0 amide bonds. The third-order valence-electron chi connectivity index (χ3n) is 8.25. The Morgan fingerprint density at radius 2 is 1.83 bits per heavy atom. The number of cyclic esters (lactones) is 1. The van der Waals surface area contributed by atoms with E-state index in [9.17, 15) is 19.8 Å². The van der Waals surface area contributed by atoms with Gasteiger partial charge in [-0.15, -0.1) is 0 Å². The highest BCUT2D eigenvalue weighted by molar-refractivity contribution is 5.88. The Morgan fingerprint density at radius 3 is 2.49 bits per heavy atom. The zero-order valence-electron chi connectivity index (χ0n) is 22.2. The lowest BCUT2D eigenvalue weighted by Gasteiger charge is -2.34. The third kappa shape index (κ3) is 7.01. The molecule has 2 N–H and O–H groups in total. The summed E-state index contributed by atoms with van der Waals surface area (Å²) in [7, 11) is 0. The number of fused-ring (bicyclic) bond motifs is 1. The predicted octanol–water partition coefficient (Wildman–Crippen LogP) is 4.89. The molecule has 1 saturated carbocycles. The van der Waals surface area contributed by atoms with E-state index >= 15 is 0 Å². The monoisotopic (exact) mass is 485 g/mol. The molecule has 0 aromatic carbocycles. The number of aliphatic hydroxyl groups excluding tert-OH is 2. The molecule has 0 unspecified atom stereocenters. The van der Waals surface area contributed by atoms with Crippen LogP contribution in [0.4, 0.5) is 0 Å². The fourth-order valence-electron chi connectivity index (χ4n) is 5.34. The zero-order chi connectivity index (χ0) is 25.9. The topological polar surface area (TPSA) is 96.7 Å². The van der Waals surface area contributed by atoms with Crippen molar-refractivity contribution in [2.45, 2.75) is 98.4 Å². The Hall–Kier alpha value is -2.05. The average Bonchev–Trinajstić information content (AvgIpc) is 3.55. The van der Waals surface area contributed by atoms with Gasteiger partial charge in [0.1, 0.15) is 11.9 Å². The lowest BCUT2D eigenvalue weighted by molar-refractivity contribution is -0.154. The maximum atomic E-state index is 13.2. The highest BCUT2D eigenvalue weighted by Gasteiger charge is 2.43. The summed E-state index contributed by atoms with van der Waals surface area (Å²) >= 11 is 0. The first kappa shape index (κ1) is 27.5. The number of aryl methyl sites for hydroxylation is 1. The van der Waals surface area contributed by atoms with Crippen molar-refractivity contribution in [2.75, 3.05) is 0 Å². The number of rotatable bonds is 2. The molecule has 1 saturated heterocycles. The number of hydrogen-bond acceptors (Lipinski definition) is 6. The maximum absolute atomic E-state index is 13.2. The van der Waals surface area contributed by atoms with Crippen LogP contribution in [0.25, 0.3) is 6.08 Å². The Kier molecular flexibility index (Phi) is 8.92. The summed E-state index contributed by atoms with van der Waals surface area (Å²) in [6.45, 7) is 11.0. The van der Waals surface area contributed by atoms with Gasteiger partial charge in [0, 0.05) is 12.1 Å². The Bertz CT molecular complexity index is 922. The number of nitrogens with zero attached hydrogens (tertiary/aromatic N) is 1. The number of Topliss-reactive ketones (excluding diaryl/α,β-unsaturated/α-hetero) is 1. The van der Waals surface area contributed by atoms with E-state index < -0.39 is 29.5 Å². The summed E-state index contributed by atoms with van der Waals surface area (Å²) < 4.78 is 5.91. The lowest BCUT2D eigenvalue weighted by Crippen LogP contribution is -2.45. The van der Waals surface area contributed by atoms with E-state index in [4.69, 9.17) is 4.74 Å². The van der Waals surface area contributed by atoms with E-state index in [1.807, 2.05) is 45.2 Å². The number of aromatic nitrogens is 1. The molecule has 0 radical (unpaired) electrons. The molecule has 1 aromatic heterocycles. The predicted molar refractivity (Wildman–Crippen MR) is 136 cm³/mol. The molecule has 2 fully saturated rings. The Balaban J connectivity index is 1.82. The molecule has 0 spiro atoms. The first-order valence-electron chi connectivity index (χ1n) is 13.1. The highest BCUT2D eigenvalue weighted by Crippen LogP contribution is 2.47. The number of carbonyl (C=O) groups excluding carboxylic acids is 2. The average molecular weight is 486 g/mol. The van der Waals surface area contributed by atoms with E-state index in [-0.39, 0.29) is 24.2 Å². The minimum atomic E-state index is -1.20. The van der Waals surface area contributed by atoms with Gasteiger partial charge in [-0.3, -0.25) is 14.6 Å². The number of pyridine rings is 1. The van der Waals surface area contributed by atoms with E-state index in [0.29, 0.717) is 11.8 Å². The number of ketones is 1. The molecule has 6 nitrogen and oxygen atoms in total. The molecule has 0 bridgehead atoms. The molecular formula is C29H43NO5. The van der Waals surface area contributed by atoms with E-state index in [0.717, 1.165) is 48.9 Å². The first-order valence-corrected chi connectivity index (χ1v) is 13.1. The van der Waals surface area contributed by atoms with Gasteiger partial charge in [0.15, 0.2) is 0 Å². The summed E-state index contributed by atoms with van der Waals surface area (Å²) in [5.74, 6) is -0.271. The van der Waals surface area contributed by atoms with Crippen molar-refractivity contribution < 1.29 is 24.5 Å². The van der Waals surface area contributed by atoms with Crippen LogP contribution in [-0.2, 0) is 14.3 Å². The fraction of sp³-hybridized carbons (Fsp3) is 0.690. The van der Waals surface area contributed by atoms with Crippen LogP contribution in [-0.4, -0.2) is 45.3 Å². The minimum Gasteiger partial charge on any atom is -0.458 e. The van der Waals surface area contributed by atoms with Crippen LogP contribution in [0, 0.1) is 36.0 Å². The van der Waals surface area contributed by atoms with Crippen LogP contribution in [0.2, 0.25) is 0 Å². The number of ether oxygens (including phenoxy) is 1. The second kappa shape index (κ2) is 11.3. The summed E-state index contributed by atoms with van der Waals surface area (Å²) in [5.41, 5.74) is 1.65. The van der Waals surface area contributed by atoms with Crippen molar-refractivity contribution in [1.29, 1.82) is 0 Å². The second-order valence-corrected chi connectivity index (χ2v) is 11.6. The molecular weight excluding hydrogens is 442 g/mol. The van der Waals surface area contributed by atoms with Gasteiger partial charge in [0.2, 0.25) is 0 Å². The molecule has 2 heterocycles. The number of hydrogen-bond donors (Lipinski definition) is 2. The highest BCUT2D eigenvalue weighted by atomic mass is 16.5. The zero-order valence-corrected chi connectivity index (χ0v) is 22.2. The number of carbonyl (C=O) groups is 2. The normalized spacial score (nSPS) is 35.2. The Morgan fingerprint density at radius 1 is 1.11 bits per heavy atom. The van der Waals surface area contributed by atoms with Crippen LogP contribution in [0.1, 0.15) is 84.4 Å². The van der Waals surface area contributed by atoms with Crippen molar-refractivity contribution in [3.63, 3.8) is 0 Å². The van der Waals surface area contributed by atoms with Crippen LogP contribution in [0.15, 0.2) is 23.9 Å². The molecule has 194 valence electrons. The molecule has 35 heavy (non-hydrogen) atoms. The third-order valence-corrected chi connectivity index (χ3v) is 8.25. The van der Waals surface area contributed by atoms with Gasteiger partial charge in [-0.25, -0.2) is 0 Å². The maximum Gasteiger partial charge on any atom is 0.309 e. The summed E-state index contributed by atoms with van der Waals surface area (Å²) in [6.07, 6.45) is 5.96. The van der Waals surface area contributed by atoms with Gasteiger partial charge < -0.3 is 14.9 Å². The molecule has 2 aliphatic rings. The van der Waals surface area contributed by atoms with Crippen molar-refractivity contribution >= 4 is 17.8 Å². The van der Waals surface area contributed by atoms with Crippen LogP contribution in [0.3, 0.4) is 0 Å². The largest absolute Gasteiger partial charge is 0.458 e. The van der Waals surface area contributed by atoms with Gasteiger partial charge >= 0.3 is 5.97 Å². The van der Waals surface area contributed by atoms with Gasteiger partial charge in [0.25, 0.3) is 0 Å². The summed E-state index contributed by atoms with van der Waals surface area (Å²) in [4.78, 5) is 30.6. The molecule has 3 rings (SSSR count). The van der Waals surface area contributed by atoms with Crippen molar-refractivity contribution in [2.24, 2.45) is 29.1 Å². The standard InChI is InChI=1S/C29H43NO5/c1-17-10-11-23(30-16-17)12-19(3)24-14-22-13-21(22)9-7-8-18(2)27(33)20(4)28(34)29(5,6)25(31)15-26(32)35-24/h10-12,16,18,20-22,24-25,27,31,33H,7-9,13-15H2,1-6H3/b19-12+/t18-,20+,21+,22-,24+,25-,27-/m0/s1. The van der Waals surface area contributed by atoms with Crippen LogP contribution < -0.4 is 0 Å². The fourth-order valence-corrected chi connectivity index (χ4v) is 5.34. The second-order valence-electron chi connectivity index (χ2n) is 11.6. The lowest BCUT2D eigenvalue weighted by atomic mass is 9.73. The smallest absolute Gasteiger partial charge is 0.309 e. The molecule has 7 atom stereocenters. The summed E-state index contributed by atoms with van der Waals surface area (Å²) in [6, 6.07) is 3.95. The number of aliphatic hydroxyl groups is 2.